The topological polar surface area (TPSA) is 0 Å². The third-order valence-electron chi connectivity index (χ3n) is 6.16. The first-order valence-electron chi connectivity index (χ1n) is 10.9. The Labute approximate surface area is 194 Å². The summed E-state index contributed by atoms with van der Waals surface area (Å²) in [7, 11) is 0. The number of alkyl halides is 3. The first-order valence-corrected chi connectivity index (χ1v) is 10.9. The van der Waals surface area contributed by atoms with Crippen molar-refractivity contribution in [2.75, 3.05) is 0 Å². The van der Waals surface area contributed by atoms with Crippen molar-refractivity contribution < 1.29 is 26.3 Å². The van der Waals surface area contributed by atoms with Crippen molar-refractivity contribution in [2.24, 2.45) is 5.92 Å². The Morgan fingerprint density at radius 1 is 0.765 bits per heavy atom. The van der Waals surface area contributed by atoms with Crippen molar-refractivity contribution in [3.8, 4) is 23.7 Å². The average molecular weight is 470 g/mol. The molecule has 0 nitrogen and oxygen atoms in total. The summed E-state index contributed by atoms with van der Waals surface area (Å²) in [6.45, 7) is 2.27. The molecule has 6 heteroatoms. The zero-order valence-electron chi connectivity index (χ0n) is 18.3. The molecule has 0 radical (unpaired) electrons. The van der Waals surface area contributed by atoms with Crippen molar-refractivity contribution in [2.45, 2.75) is 44.7 Å². The number of hydrogen-bond donors (Lipinski definition) is 0. The van der Waals surface area contributed by atoms with Crippen LogP contribution in [0.5, 0.6) is 0 Å². The zero-order chi connectivity index (χ0) is 24.5. The maximum Gasteiger partial charge on any atom is 0.458 e. The molecule has 1 aliphatic carbocycles. The minimum atomic E-state index is -4.93. The van der Waals surface area contributed by atoms with Gasteiger partial charge in [0.15, 0.2) is 5.82 Å². The molecule has 0 saturated heterocycles. The fourth-order valence-electron chi connectivity index (χ4n) is 4.31. The predicted molar refractivity (Wildman–Crippen MR) is 120 cm³/mol. The molecule has 0 bridgehead atoms. The van der Waals surface area contributed by atoms with E-state index in [1.165, 1.54) is 43.2 Å². The van der Waals surface area contributed by atoms with Gasteiger partial charge in [-0.2, -0.15) is 13.2 Å². The predicted octanol–water partition coefficient (Wildman–Crippen LogP) is 7.86. The minimum Gasteiger partial charge on any atom is -0.206 e. The molecule has 0 atom stereocenters. The van der Waals surface area contributed by atoms with Crippen LogP contribution in [0.1, 0.15) is 60.8 Å². The molecule has 0 spiro atoms. The zero-order valence-corrected chi connectivity index (χ0v) is 18.3. The van der Waals surface area contributed by atoms with E-state index in [9.17, 15) is 26.3 Å². The van der Waals surface area contributed by atoms with E-state index < -0.39 is 34.6 Å². The lowest BCUT2D eigenvalue weighted by Gasteiger charge is -2.26. The summed E-state index contributed by atoms with van der Waals surface area (Å²) in [6, 6.07) is 10.9. The fourth-order valence-corrected chi connectivity index (χ4v) is 4.31. The third kappa shape index (κ3) is 5.39. The van der Waals surface area contributed by atoms with Crippen molar-refractivity contribution in [3.63, 3.8) is 0 Å². The van der Waals surface area contributed by atoms with Gasteiger partial charge >= 0.3 is 6.18 Å². The lowest BCUT2D eigenvalue weighted by Crippen LogP contribution is -2.10. The Bertz CT molecular complexity index is 1340. The maximum absolute atomic E-state index is 14.6. The van der Waals surface area contributed by atoms with Gasteiger partial charge in [-0.15, -0.1) is 0 Å². The molecule has 0 aliphatic heterocycles. The quantitative estimate of drug-likeness (QED) is 0.251. The summed E-state index contributed by atoms with van der Waals surface area (Å²) < 4.78 is 80.3. The van der Waals surface area contributed by atoms with E-state index in [-0.39, 0.29) is 10.9 Å². The molecule has 0 aromatic heterocycles. The fraction of sp³-hybridized carbons (Fsp3) is 0.286. The Balaban J connectivity index is 1.61. The second kappa shape index (κ2) is 9.47. The van der Waals surface area contributed by atoms with Crippen molar-refractivity contribution in [1.82, 2.24) is 0 Å². The first-order chi connectivity index (χ1) is 16.1. The largest absolute Gasteiger partial charge is 0.458 e. The van der Waals surface area contributed by atoms with Crippen molar-refractivity contribution in [1.29, 1.82) is 0 Å². The molecule has 1 saturated carbocycles. The van der Waals surface area contributed by atoms with E-state index in [1.54, 1.807) is 0 Å². The average Bonchev–Trinajstić information content (AvgIpc) is 2.77. The van der Waals surface area contributed by atoms with E-state index in [0.29, 0.717) is 11.5 Å². The van der Waals surface area contributed by atoms with Gasteiger partial charge in [0.05, 0.1) is 10.9 Å². The van der Waals surface area contributed by atoms with Crippen LogP contribution in [0.15, 0.2) is 42.5 Å². The van der Waals surface area contributed by atoms with E-state index in [1.807, 2.05) is 24.3 Å². The smallest absolute Gasteiger partial charge is 0.206 e. The molecule has 3 aromatic rings. The van der Waals surface area contributed by atoms with Crippen LogP contribution in [-0.4, -0.2) is 6.18 Å². The molecular weight excluding hydrogens is 450 g/mol. The van der Waals surface area contributed by atoms with Crippen LogP contribution < -0.4 is 0 Å². The van der Waals surface area contributed by atoms with Crippen LogP contribution in [0.25, 0.3) is 10.8 Å². The summed E-state index contributed by atoms with van der Waals surface area (Å²) in [5.41, 5.74) is 1.03. The highest BCUT2D eigenvalue weighted by molar-refractivity contribution is 5.87. The van der Waals surface area contributed by atoms with E-state index >= 15 is 0 Å². The van der Waals surface area contributed by atoms with Gasteiger partial charge in [-0.3, -0.25) is 0 Å². The molecule has 1 fully saturated rings. The van der Waals surface area contributed by atoms with E-state index in [2.05, 4.69) is 18.8 Å². The molecule has 0 amide bonds. The van der Waals surface area contributed by atoms with Gasteiger partial charge < -0.3 is 0 Å². The summed E-state index contributed by atoms with van der Waals surface area (Å²) in [5, 5.41) is -0.789. The normalized spacial score (nSPS) is 18.1. The molecule has 0 heterocycles. The number of rotatable bonds is 1. The van der Waals surface area contributed by atoms with Gasteiger partial charge in [0.2, 0.25) is 0 Å². The number of fused-ring (bicyclic) bond motifs is 1. The highest BCUT2D eigenvalue weighted by Crippen LogP contribution is 2.35. The Hall–Kier alpha value is -3.38. The summed E-state index contributed by atoms with van der Waals surface area (Å²) in [6.07, 6.45) is -0.161. The van der Waals surface area contributed by atoms with Crippen LogP contribution in [0.4, 0.5) is 26.3 Å². The van der Waals surface area contributed by atoms with E-state index in [0.717, 1.165) is 24.0 Å². The first kappa shape index (κ1) is 23.8. The molecule has 0 unspecified atom stereocenters. The second-order valence-electron chi connectivity index (χ2n) is 8.68. The van der Waals surface area contributed by atoms with Gasteiger partial charge in [-0.25, -0.2) is 13.2 Å². The standard InChI is InChI=1S/C28H20F6/c1-17-2-8-20(9-3-17)21-10-6-18(7-11-21)4-5-19-14-22-16-24(29)23(12-13-28(32,33)34)27(31)26(22)25(30)15-19/h6-7,10-11,14-17,20H,2-3,8-9H2,1H3. The Kier molecular flexibility index (Phi) is 6.62. The van der Waals surface area contributed by atoms with Gasteiger partial charge in [-0.05, 0) is 66.0 Å². The van der Waals surface area contributed by atoms with Crippen LogP contribution >= 0.6 is 0 Å². The molecule has 3 aromatic carbocycles. The van der Waals surface area contributed by atoms with Gasteiger partial charge in [0.1, 0.15) is 11.6 Å². The Morgan fingerprint density at radius 2 is 1.41 bits per heavy atom. The summed E-state index contributed by atoms with van der Waals surface area (Å²) in [5.74, 6) is 5.39. The highest BCUT2D eigenvalue weighted by Gasteiger charge is 2.24. The highest BCUT2D eigenvalue weighted by atomic mass is 19.4. The molecule has 1 aliphatic rings. The summed E-state index contributed by atoms with van der Waals surface area (Å²) >= 11 is 0. The maximum atomic E-state index is 14.6. The third-order valence-corrected chi connectivity index (χ3v) is 6.16. The van der Waals surface area contributed by atoms with Crippen LogP contribution in [0.2, 0.25) is 0 Å². The second-order valence-corrected chi connectivity index (χ2v) is 8.68. The number of benzene rings is 3. The van der Waals surface area contributed by atoms with Crippen LogP contribution in [0, 0.1) is 47.1 Å². The molecule has 174 valence electrons. The monoisotopic (exact) mass is 470 g/mol. The minimum absolute atomic E-state index is 0.154. The Morgan fingerprint density at radius 3 is 2.06 bits per heavy atom. The molecule has 0 N–H and O–H groups in total. The molecule has 34 heavy (non-hydrogen) atoms. The van der Waals surface area contributed by atoms with Crippen molar-refractivity contribution in [3.05, 3.63) is 82.2 Å². The van der Waals surface area contributed by atoms with Gasteiger partial charge in [0.25, 0.3) is 0 Å². The lowest BCUT2D eigenvalue weighted by atomic mass is 9.79. The van der Waals surface area contributed by atoms with E-state index in [4.69, 9.17) is 0 Å². The molecular formula is C28H20F6. The summed E-state index contributed by atoms with van der Waals surface area (Å²) in [4.78, 5) is 0. The number of hydrogen-bond acceptors (Lipinski definition) is 0. The molecule has 4 rings (SSSR count). The lowest BCUT2D eigenvalue weighted by molar-refractivity contribution is -0.0696. The van der Waals surface area contributed by atoms with Crippen LogP contribution in [-0.2, 0) is 0 Å². The number of halogens is 6. The van der Waals surface area contributed by atoms with Crippen LogP contribution in [0.3, 0.4) is 0 Å². The van der Waals surface area contributed by atoms with Crippen molar-refractivity contribution >= 4 is 10.8 Å². The van der Waals surface area contributed by atoms with Gasteiger partial charge in [0, 0.05) is 17.0 Å². The SMILES string of the molecule is CC1CCC(c2ccc(C#Cc3cc(F)c4c(F)c(C#CC(F)(F)F)c(F)cc4c3)cc2)CC1. The van der Waals surface area contributed by atoms with Gasteiger partial charge in [-0.1, -0.05) is 49.7 Å².